The fourth-order valence-electron chi connectivity index (χ4n) is 1.27. The number of hydrogen-bond donors (Lipinski definition) is 0. The molecule has 0 aliphatic rings. The highest BCUT2D eigenvalue weighted by molar-refractivity contribution is 6.83. The minimum absolute atomic E-state index is 0.862. The molecule has 0 spiro atoms. The Balaban J connectivity index is 4.04. The van der Waals surface area contributed by atoms with Crippen LogP contribution in [0.1, 0.15) is 33.1 Å². The van der Waals surface area contributed by atoms with Crippen LogP contribution in [-0.4, -0.2) is 14.9 Å². The molecule has 0 unspecified atom stereocenters. The van der Waals surface area contributed by atoms with Crippen molar-refractivity contribution in [1.29, 1.82) is 0 Å². The highest BCUT2D eigenvalue weighted by Gasteiger charge is 2.25. The van der Waals surface area contributed by atoms with E-state index in [4.69, 9.17) is 4.43 Å². The monoisotopic (exact) mass is 198 g/mol. The molecule has 0 bridgehead atoms. The van der Waals surface area contributed by atoms with Crippen molar-refractivity contribution in [1.82, 2.24) is 0 Å². The van der Waals surface area contributed by atoms with Crippen LogP contribution in [0.2, 0.25) is 6.04 Å². The zero-order chi connectivity index (χ0) is 10.2. The van der Waals surface area contributed by atoms with E-state index in [-0.39, 0.29) is 0 Å². The van der Waals surface area contributed by atoms with Gasteiger partial charge in [0, 0.05) is 6.61 Å². The molecule has 0 amide bonds. The fraction of sp³-hybridized carbons (Fsp3) is 0.636. The van der Waals surface area contributed by atoms with Gasteiger partial charge in [0.25, 0.3) is 0 Å². The highest BCUT2D eigenvalue weighted by Crippen LogP contribution is 2.16. The maximum Gasteiger partial charge on any atom is 0.240 e. The van der Waals surface area contributed by atoms with Crippen LogP contribution in [0.4, 0.5) is 0 Å². The molecule has 0 aromatic rings. The summed E-state index contributed by atoms with van der Waals surface area (Å²) in [5.74, 6) is 0. The topological polar surface area (TPSA) is 9.23 Å². The molecule has 76 valence electrons. The van der Waals surface area contributed by atoms with Gasteiger partial charge < -0.3 is 4.43 Å². The van der Waals surface area contributed by atoms with Crippen molar-refractivity contribution in [2.24, 2.45) is 0 Å². The van der Waals surface area contributed by atoms with Gasteiger partial charge in [-0.2, -0.15) is 0 Å². The lowest BCUT2D eigenvalue weighted by Gasteiger charge is -2.23. The third kappa shape index (κ3) is 4.43. The van der Waals surface area contributed by atoms with E-state index >= 15 is 0 Å². The smallest absolute Gasteiger partial charge is 0.240 e. The first-order valence-corrected chi connectivity index (χ1v) is 7.42. The first-order valence-electron chi connectivity index (χ1n) is 5.15. The summed E-state index contributed by atoms with van der Waals surface area (Å²) in [4.78, 5) is 0. The van der Waals surface area contributed by atoms with Crippen LogP contribution in [0, 0.1) is 0 Å². The summed E-state index contributed by atoms with van der Waals surface area (Å²) < 4.78 is 5.91. The SMILES string of the molecule is C=C[Si](C=C)(CCC)OCCCC. The molecule has 0 aromatic carbocycles. The molecule has 0 aliphatic carbocycles. The molecular weight excluding hydrogens is 176 g/mol. The van der Waals surface area contributed by atoms with E-state index in [0.717, 1.165) is 25.5 Å². The van der Waals surface area contributed by atoms with Crippen molar-refractivity contribution < 1.29 is 4.43 Å². The van der Waals surface area contributed by atoms with Crippen molar-refractivity contribution >= 4 is 8.32 Å². The first kappa shape index (κ1) is 12.7. The van der Waals surface area contributed by atoms with Gasteiger partial charge in [-0.1, -0.05) is 38.1 Å². The molecule has 2 heteroatoms. The molecule has 0 rings (SSSR count). The quantitative estimate of drug-likeness (QED) is 0.428. The second-order valence-corrected chi connectivity index (χ2v) is 6.83. The molecule has 1 nitrogen and oxygen atoms in total. The lowest BCUT2D eigenvalue weighted by atomic mass is 10.4. The van der Waals surface area contributed by atoms with E-state index in [0.29, 0.717) is 0 Å². The van der Waals surface area contributed by atoms with Crippen LogP contribution in [0.5, 0.6) is 0 Å². The third-order valence-electron chi connectivity index (χ3n) is 2.20. The van der Waals surface area contributed by atoms with Crippen molar-refractivity contribution in [2.45, 2.75) is 39.2 Å². The maximum absolute atomic E-state index is 5.91. The molecule has 0 atom stereocenters. The summed E-state index contributed by atoms with van der Waals surface area (Å²) in [6, 6.07) is 1.11. The van der Waals surface area contributed by atoms with Crippen LogP contribution in [0.3, 0.4) is 0 Å². The van der Waals surface area contributed by atoms with Gasteiger partial charge in [-0.05, 0) is 12.5 Å². The Bertz CT molecular complexity index is 146. The standard InChI is InChI=1S/C11H22OSi/c1-5-9-10-12-13(7-3,8-4)11-6-2/h7-8H,3-6,9-11H2,1-2H3. The van der Waals surface area contributed by atoms with E-state index < -0.39 is 8.32 Å². The predicted octanol–water partition coefficient (Wildman–Crippen LogP) is 3.61. The van der Waals surface area contributed by atoms with Gasteiger partial charge in [-0.15, -0.1) is 13.2 Å². The van der Waals surface area contributed by atoms with E-state index in [2.05, 4.69) is 27.0 Å². The van der Waals surface area contributed by atoms with E-state index in [1.165, 1.54) is 6.42 Å². The molecule has 0 saturated heterocycles. The molecule has 0 aliphatic heterocycles. The van der Waals surface area contributed by atoms with Crippen LogP contribution >= 0.6 is 0 Å². The molecule has 0 heterocycles. The molecule has 0 aromatic heterocycles. The number of unbranched alkanes of at least 4 members (excludes halogenated alkanes) is 1. The van der Waals surface area contributed by atoms with Gasteiger partial charge in [0.1, 0.15) is 0 Å². The van der Waals surface area contributed by atoms with Crippen LogP contribution in [-0.2, 0) is 4.43 Å². The first-order chi connectivity index (χ1) is 6.24. The summed E-state index contributed by atoms with van der Waals surface area (Å²) >= 11 is 0. The highest BCUT2D eigenvalue weighted by atomic mass is 28.4. The Morgan fingerprint density at radius 1 is 1.15 bits per heavy atom. The Morgan fingerprint density at radius 3 is 2.15 bits per heavy atom. The Hall–Kier alpha value is -0.343. The molecule has 0 N–H and O–H groups in total. The van der Waals surface area contributed by atoms with Gasteiger partial charge in [0.15, 0.2) is 0 Å². The van der Waals surface area contributed by atoms with Gasteiger partial charge in [0.2, 0.25) is 8.32 Å². The summed E-state index contributed by atoms with van der Waals surface area (Å²) in [6.07, 6.45) is 3.47. The lowest BCUT2D eigenvalue weighted by Crippen LogP contribution is -2.34. The second kappa shape index (κ2) is 7.10. The zero-order valence-electron chi connectivity index (χ0n) is 9.01. The second-order valence-electron chi connectivity index (χ2n) is 3.32. The minimum Gasteiger partial charge on any atom is -0.409 e. The fourth-order valence-corrected chi connectivity index (χ4v) is 3.54. The summed E-state index contributed by atoms with van der Waals surface area (Å²) in [5, 5.41) is 0. The van der Waals surface area contributed by atoms with Gasteiger partial charge in [-0.3, -0.25) is 0 Å². The largest absolute Gasteiger partial charge is 0.409 e. The van der Waals surface area contributed by atoms with Crippen LogP contribution in [0.15, 0.2) is 24.6 Å². The van der Waals surface area contributed by atoms with E-state index in [9.17, 15) is 0 Å². The van der Waals surface area contributed by atoms with Crippen molar-refractivity contribution in [3.05, 3.63) is 24.6 Å². The normalized spacial score (nSPS) is 11.2. The zero-order valence-corrected chi connectivity index (χ0v) is 10.0. The molecule has 0 fully saturated rings. The van der Waals surface area contributed by atoms with Gasteiger partial charge >= 0.3 is 0 Å². The average Bonchev–Trinajstić information content (AvgIpc) is 2.17. The van der Waals surface area contributed by atoms with Gasteiger partial charge in [-0.25, -0.2) is 0 Å². The molecule has 0 saturated carbocycles. The van der Waals surface area contributed by atoms with Crippen molar-refractivity contribution in [3.8, 4) is 0 Å². The van der Waals surface area contributed by atoms with Crippen LogP contribution < -0.4 is 0 Å². The average molecular weight is 198 g/mol. The van der Waals surface area contributed by atoms with Crippen molar-refractivity contribution in [2.75, 3.05) is 6.61 Å². The molecule has 13 heavy (non-hydrogen) atoms. The lowest BCUT2D eigenvalue weighted by molar-refractivity contribution is 0.305. The third-order valence-corrected chi connectivity index (χ3v) is 5.61. The number of rotatable bonds is 8. The van der Waals surface area contributed by atoms with E-state index in [1.807, 2.05) is 11.4 Å². The van der Waals surface area contributed by atoms with Crippen molar-refractivity contribution in [3.63, 3.8) is 0 Å². The molecular formula is C11H22OSi. The summed E-state index contributed by atoms with van der Waals surface area (Å²) in [7, 11) is -1.75. The summed E-state index contributed by atoms with van der Waals surface area (Å²) in [5.41, 5.74) is 4.00. The minimum atomic E-state index is -1.75. The van der Waals surface area contributed by atoms with E-state index in [1.54, 1.807) is 0 Å². The summed E-state index contributed by atoms with van der Waals surface area (Å²) in [6.45, 7) is 12.9. The van der Waals surface area contributed by atoms with Gasteiger partial charge in [0.05, 0.1) is 0 Å². The molecule has 0 radical (unpaired) electrons. The Labute approximate surface area is 83.6 Å². The maximum atomic E-state index is 5.91. The Morgan fingerprint density at radius 2 is 1.77 bits per heavy atom. The predicted molar refractivity (Wildman–Crippen MR) is 62.1 cm³/mol. The van der Waals surface area contributed by atoms with Crippen LogP contribution in [0.25, 0.3) is 0 Å². The Kier molecular flexibility index (Phi) is 6.91. The number of hydrogen-bond acceptors (Lipinski definition) is 1.